The topological polar surface area (TPSA) is 90.1 Å². The lowest BCUT2D eigenvalue weighted by Gasteiger charge is -2.60. The lowest BCUT2D eigenvalue weighted by Crippen LogP contribution is -2.79. The minimum absolute atomic E-state index is 0.0906. The Balaban J connectivity index is 1.84. The molecule has 7 heteroatoms. The minimum atomic E-state index is -0.877. The van der Waals surface area contributed by atoms with Gasteiger partial charge in [0.15, 0.2) is 0 Å². The predicted octanol–water partition coefficient (Wildman–Crippen LogP) is 0.619. The van der Waals surface area contributed by atoms with E-state index in [1.807, 2.05) is 13.8 Å². The number of rotatable bonds is 2. The molecule has 1 amide bonds. The second kappa shape index (κ2) is 3.72. The molecule has 3 unspecified atom stereocenters. The van der Waals surface area contributed by atoms with Crippen LogP contribution >= 0.6 is 11.5 Å². The standard InChI is InChI=1S/C11H16N4O2S/c1-10(2)8-6(3-4-17-8)11(10,12)9(16)14-7-5-13-15-18-7/h5-6,8H,3-4,12H2,1-2H3,(H,14,16). The summed E-state index contributed by atoms with van der Waals surface area (Å²) in [6.45, 7) is 4.67. The second-order valence-corrected chi connectivity index (χ2v) is 6.30. The summed E-state index contributed by atoms with van der Waals surface area (Å²) in [5.41, 5.74) is 5.17. The number of fused-ring (bicyclic) bond motifs is 1. The predicted molar refractivity (Wildman–Crippen MR) is 67.1 cm³/mol. The average molecular weight is 268 g/mol. The zero-order chi connectivity index (χ0) is 13.0. The summed E-state index contributed by atoms with van der Waals surface area (Å²) in [6, 6.07) is 0. The summed E-state index contributed by atoms with van der Waals surface area (Å²) in [7, 11) is 0. The van der Waals surface area contributed by atoms with Gasteiger partial charge in [0.2, 0.25) is 5.91 Å². The molecule has 2 heterocycles. The smallest absolute Gasteiger partial charge is 0.246 e. The van der Waals surface area contributed by atoms with Crippen LogP contribution in [-0.2, 0) is 9.53 Å². The van der Waals surface area contributed by atoms with Crippen LogP contribution < -0.4 is 11.1 Å². The van der Waals surface area contributed by atoms with Crippen molar-refractivity contribution in [2.45, 2.75) is 31.9 Å². The number of aromatic nitrogens is 2. The zero-order valence-electron chi connectivity index (χ0n) is 10.3. The van der Waals surface area contributed by atoms with Crippen molar-refractivity contribution in [2.24, 2.45) is 17.1 Å². The van der Waals surface area contributed by atoms with Gasteiger partial charge in [-0.05, 0) is 6.42 Å². The van der Waals surface area contributed by atoms with Crippen LogP contribution in [0, 0.1) is 11.3 Å². The van der Waals surface area contributed by atoms with E-state index in [-0.39, 0.29) is 23.3 Å². The molecule has 1 aliphatic carbocycles. The summed E-state index contributed by atoms with van der Waals surface area (Å²) in [4.78, 5) is 12.4. The van der Waals surface area contributed by atoms with Gasteiger partial charge in [-0.1, -0.05) is 18.3 Å². The van der Waals surface area contributed by atoms with Crippen LogP contribution in [-0.4, -0.2) is 33.7 Å². The van der Waals surface area contributed by atoms with E-state index >= 15 is 0 Å². The van der Waals surface area contributed by atoms with Gasteiger partial charge in [0.25, 0.3) is 0 Å². The van der Waals surface area contributed by atoms with Crippen LogP contribution in [0.1, 0.15) is 20.3 Å². The third-order valence-corrected chi connectivity index (χ3v) is 5.01. The Morgan fingerprint density at radius 3 is 3.11 bits per heavy atom. The number of hydrogen-bond acceptors (Lipinski definition) is 6. The molecule has 3 atom stereocenters. The van der Waals surface area contributed by atoms with Crippen LogP contribution in [0.15, 0.2) is 6.20 Å². The highest BCUT2D eigenvalue weighted by Crippen LogP contribution is 2.58. The van der Waals surface area contributed by atoms with Gasteiger partial charge in [0, 0.05) is 29.5 Å². The molecule has 0 radical (unpaired) electrons. The van der Waals surface area contributed by atoms with E-state index in [0.717, 1.165) is 18.0 Å². The largest absolute Gasteiger partial charge is 0.377 e. The molecule has 3 rings (SSSR count). The Labute approximate surface area is 109 Å². The maximum absolute atomic E-state index is 12.4. The summed E-state index contributed by atoms with van der Waals surface area (Å²) in [5.74, 6) is -0.0568. The van der Waals surface area contributed by atoms with E-state index in [0.29, 0.717) is 11.6 Å². The van der Waals surface area contributed by atoms with E-state index in [1.165, 1.54) is 6.20 Å². The monoisotopic (exact) mass is 268 g/mol. The second-order valence-electron chi connectivity index (χ2n) is 5.51. The Hall–Kier alpha value is -1.05. The highest BCUT2D eigenvalue weighted by molar-refractivity contribution is 7.10. The molecule has 0 bridgehead atoms. The number of nitrogens with two attached hydrogens (primary N) is 1. The Kier molecular flexibility index (Phi) is 2.48. The molecule has 3 N–H and O–H groups in total. The molecule has 1 aliphatic heterocycles. The van der Waals surface area contributed by atoms with Crippen molar-refractivity contribution < 1.29 is 9.53 Å². The van der Waals surface area contributed by atoms with Gasteiger partial charge in [0.05, 0.1) is 12.3 Å². The van der Waals surface area contributed by atoms with Crippen molar-refractivity contribution in [3.8, 4) is 0 Å². The fraction of sp³-hybridized carbons (Fsp3) is 0.727. The number of carbonyl (C=O) groups is 1. The van der Waals surface area contributed by atoms with Crippen molar-refractivity contribution in [3.63, 3.8) is 0 Å². The summed E-state index contributed by atoms with van der Waals surface area (Å²) >= 11 is 1.15. The number of hydrogen-bond donors (Lipinski definition) is 2. The van der Waals surface area contributed by atoms with E-state index in [2.05, 4.69) is 14.9 Å². The fourth-order valence-corrected chi connectivity index (χ4v) is 3.70. The molecular formula is C11H16N4O2S. The van der Waals surface area contributed by atoms with Gasteiger partial charge in [-0.15, -0.1) is 5.10 Å². The molecule has 1 saturated heterocycles. The van der Waals surface area contributed by atoms with Gasteiger partial charge < -0.3 is 15.8 Å². The quantitative estimate of drug-likeness (QED) is 0.820. The summed E-state index contributed by atoms with van der Waals surface area (Å²) < 4.78 is 9.38. The number of nitrogens with zero attached hydrogens (tertiary/aromatic N) is 2. The van der Waals surface area contributed by atoms with Crippen LogP contribution in [0.2, 0.25) is 0 Å². The van der Waals surface area contributed by atoms with Crippen molar-refractivity contribution in [1.82, 2.24) is 9.59 Å². The first kappa shape index (κ1) is 12.0. The first-order valence-corrected chi connectivity index (χ1v) is 6.74. The van der Waals surface area contributed by atoms with E-state index in [9.17, 15) is 4.79 Å². The van der Waals surface area contributed by atoms with Crippen LogP contribution in [0.5, 0.6) is 0 Å². The summed E-state index contributed by atoms with van der Waals surface area (Å²) in [5, 5.41) is 7.13. The zero-order valence-corrected chi connectivity index (χ0v) is 11.2. The van der Waals surface area contributed by atoms with E-state index in [1.54, 1.807) is 0 Å². The maximum Gasteiger partial charge on any atom is 0.246 e. The molecule has 0 spiro atoms. The van der Waals surface area contributed by atoms with Gasteiger partial charge in [-0.2, -0.15) is 0 Å². The van der Waals surface area contributed by atoms with Crippen molar-refractivity contribution in [1.29, 1.82) is 0 Å². The van der Waals surface area contributed by atoms with Gasteiger partial charge in [-0.3, -0.25) is 4.79 Å². The van der Waals surface area contributed by atoms with Gasteiger partial charge >= 0.3 is 0 Å². The SMILES string of the molecule is CC1(C)C2OCCC2C1(N)C(=O)Nc1cnns1. The lowest BCUT2D eigenvalue weighted by molar-refractivity contribution is -0.170. The lowest BCUT2D eigenvalue weighted by atomic mass is 9.48. The van der Waals surface area contributed by atoms with Crippen LogP contribution in [0.25, 0.3) is 0 Å². The molecule has 6 nitrogen and oxygen atoms in total. The van der Waals surface area contributed by atoms with Crippen molar-refractivity contribution >= 4 is 22.4 Å². The number of amides is 1. The number of nitrogens with one attached hydrogen (secondary N) is 1. The minimum Gasteiger partial charge on any atom is -0.377 e. The molecule has 98 valence electrons. The highest BCUT2D eigenvalue weighted by atomic mass is 32.1. The molecule has 1 aromatic rings. The summed E-state index contributed by atoms with van der Waals surface area (Å²) in [6.07, 6.45) is 2.46. The number of ether oxygens (including phenoxy) is 1. The first-order chi connectivity index (χ1) is 8.48. The molecule has 1 saturated carbocycles. The third-order valence-electron chi connectivity index (χ3n) is 4.43. The number of anilines is 1. The van der Waals surface area contributed by atoms with Crippen LogP contribution in [0.3, 0.4) is 0 Å². The Morgan fingerprint density at radius 1 is 1.67 bits per heavy atom. The normalized spacial score (nSPS) is 36.8. The van der Waals surface area contributed by atoms with Crippen molar-refractivity contribution in [3.05, 3.63) is 6.20 Å². The Morgan fingerprint density at radius 2 is 2.44 bits per heavy atom. The fourth-order valence-electron chi connectivity index (χ4n) is 3.28. The van der Waals surface area contributed by atoms with Crippen LogP contribution in [0.4, 0.5) is 5.00 Å². The van der Waals surface area contributed by atoms with Gasteiger partial charge in [0.1, 0.15) is 10.5 Å². The highest BCUT2D eigenvalue weighted by Gasteiger charge is 2.71. The molecule has 2 fully saturated rings. The Bertz CT molecular complexity index is 475. The molecule has 18 heavy (non-hydrogen) atoms. The average Bonchev–Trinajstić information content (AvgIpc) is 2.97. The van der Waals surface area contributed by atoms with E-state index in [4.69, 9.17) is 10.5 Å². The number of carbonyl (C=O) groups excluding carboxylic acids is 1. The molecule has 2 aliphatic rings. The molecular weight excluding hydrogens is 252 g/mol. The third kappa shape index (κ3) is 1.32. The molecule has 0 aromatic carbocycles. The molecule has 1 aromatic heterocycles. The maximum atomic E-state index is 12.4. The first-order valence-electron chi connectivity index (χ1n) is 5.97. The van der Waals surface area contributed by atoms with Crippen molar-refractivity contribution in [2.75, 3.05) is 11.9 Å². The van der Waals surface area contributed by atoms with E-state index < -0.39 is 5.54 Å². The van der Waals surface area contributed by atoms with Gasteiger partial charge in [-0.25, -0.2) is 0 Å².